The minimum Gasteiger partial charge on any atom is -0.357 e. The van der Waals surface area contributed by atoms with Crippen LogP contribution in [0.3, 0.4) is 0 Å². The van der Waals surface area contributed by atoms with Crippen molar-refractivity contribution in [1.29, 1.82) is 0 Å². The van der Waals surface area contributed by atoms with Gasteiger partial charge in [-0.3, -0.25) is 0 Å². The Morgan fingerprint density at radius 3 is 2.52 bits per heavy atom. The molecule has 2 rings (SSSR count). The molecule has 1 aliphatic rings. The van der Waals surface area contributed by atoms with Crippen LogP contribution in [0.4, 0.5) is 0 Å². The number of aryl methyl sites for hydroxylation is 2. The normalized spacial score (nSPS) is 16.6. The minimum atomic E-state index is 0. The van der Waals surface area contributed by atoms with Crippen molar-refractivity contribution >= 4 is 41.3 Å². The topological polar surface area (TPSA) is 52.6 Å². The van der Waals surface area contributed by atoms with Crippen LogP contribution in [0.2, 0.25) is 0 Å². The second-order valence-electron chi connectivity index (χ2n) is 6.54. The summed E-state index contributed by atoms with van der Waals surface area (Å²) in [7, 11) is 0. The number of rotatable bonds is 7. The Labute approximate surface area is 174 Å². The Morgan fingerprint density at radius 1 is 1.24 bits per heavy atom. The highest BCUT2D eigenvalue weighted by Gasteiger charge is 2.17. The lowest BCUT2D eigenvalue weighted by Gasteiger charge is -2.31. The van der Waals surface area contributed by atoms with Gasteiger partial charge in [-0.2, -0.15) is 0 Å². The standard InChI is InChI=1S/C18H33N5S.HI/c1-5-19-18(21-13-17-22-14(3)15(4)24-17)20-10-7-16-8-11-23(6-2)12-9-16;/h16H,5-13H2,1-4H3,(H2,19,20,21);1H. The quantitative estimate of drug-likeness (QED) is 0.357. The third-order valence-electron chi connectivity index (χ3n) is 4.79. The molecule has 0 aromatic carbocycles. The van der Waals surface area contributed by atoms with E-state index in [-0.39, 0.29) is 24.0 Å². The van der Waals surface area contributed by atoms with E-state index in [9.17, 15) is 0 Å². The van der Waals surface area contributed by atoms with Crippen molar-refractivity contribution in [2.24, 2.45) is 10.9 Å². The number of likely N-dealkylation sites (tertiary alicyclic amines) is 1. The number of aromatic nitrogens is 1. The molecule has 25 heavy (non-hydrogen) atoms. The average molecular weight is 479 g/mol. The highest BCUT2D eigenvalue weighted by molar-refractivity contribution is 14.0. The lowest BCUT2D eigenvalue weighted by molar-refractivity contribution is 0.187. The van der Waals surface area contributed by atoms with Crippen LogP contribution in [-0.2, 0) is 6.54 Å². The van der Waals surface area contributed by atoms with Gasteiger partial charge in [-0.1, -0.05) is 6.92 Å². The van der Waals surface area contributed by atoms with E-state index in [0.29, 0.717) is 6.54 Å². The lowest BCUT2D eigenvalue weighted by atomic mass is 9.93. The monoisotopic (exact) mass is 479 g/mol. The zero-order chi connectivity index (χ0) is 17.4. The number of piperidine rings is 1. The number of nitrogens with zero attached hydrogens (tertiary/aromatic N) is 3. The summed E-state index contributed by atoms with van der Waals surface area (Å²) in [5.74, 6) is 1.77. The molecule has 0 aliphatic carbocycles. The van der Waals surface area contributed by atoms with Gasteiger partial charge in [-0.15, -0.1) is 35.3 Å². The molecule has 2 heterocycles. The third-order valence-corrected chi connectivity index (χ3v) is 5.85. The summed E-state index contributed by atoms with van der Waals surface area (Å²) in [4.78, 5) is 13.1. The first-order valence-corrected chi connectivity index (χ1v) is 10.1. The van der Waals surface area contributed by atoms with Crippen LogP contribution in [0.15, 0.2) is 4.99 Å². The molecule has 0 amide bonds. The largest absolute Gasteiger partial charge is 0.357 e. The fraction of sp³-hybridized carbons (Fsp3) is 0.778. The highest BCUT2D eigenvalue weighted by atomic mass is 127. The fourth-order valence-corrected chi connectivity index (χ4v) is 3.94. The summed E-state index contributed by atoms with van der Waals surface area (Å²) >= 11 is 1.74. The second-order valence-corrected chi connectivity index (χ2v) is 7.83. The van der Waals surface area contributed by atoms with E-state index in [4.69, 9.17) is 0 Å². The predicted molar refractivity (Wildman–Crippen MR) is 119 cm³/mol. The molecule has 144 valence electrons. The number of hydrogen-bond donors (Lipinski definition) is 2. The zero-order valence-corrected chi connectivity index (χ0v) is 19.2. The zero-order valence-electron chi connectivity index (χ0n) is 16.1. The van der Waals surface area contributed by atoms with E-state index in [1.54, 1.807) is 11.3 Å². The van der Waals surface area contributed by atoms with E-state index >= 15 is 0 Å². The van der Waals surface area contributed by atoms with E-state index in [1.165, 1.54) is 43.8 Å². The third kappa shape index (κ3) is 7.78. The molecular formula is C18H34IN5S. The molecule has 1 aromatic heterocycles. The van der Waals surface area contributed by atoms with Gasteiger partial charge in [0.15, 0.2) is 5.96 Å². The molecule has 0 radical (unpaired) electrons. The van der Waals surface area contributed by atoms with Gasteiger partial charge in [-0.25, -0.2) is 9.98 Å². The smallest absolute Gasteiger partial charge is 0.191 e. The molecule has 7 heteroatoms. The molecule has 1 saturated heterocycles. The van der Waals surface area contributed by atoms with Crippen molar-refractivity contribution in [2.45, 2.75) is 53.5 Å². The molecule has 0 atom stereocenters. The van der Waals surface area contributed by atoms with Crippen molar-refractivity contribution in [3.05, 3.63) is 15.6 Å². The minimum absolute atomic E-state index is 0. The SMILES string of the molecule is CCNC(=NCc1nc(C)c(C)s1)NCCC1CCN(CC)CC1.I. The molecule has 5 nitrogen and oxygen atoms in total. The number of aliphatic imine (C=N–C) groups is 1. The van der Waals surface area contributed by atoms with E-state index in [0.717, 1.165) is 35.7 Å². The fourth-order valence-electron chi connectivity index (χ4n) is 3.08. The number of guanidine groups is 1. The number of nitrogens with one attached hydrogen (secondary N) is 2. The summed E-state index contributed by atoms with van der Waals surface area (Å²) in [6.45, 7) is 14.8. The van der Waals surface area contributed by atoms with Crippen LogP contribution >= 0.6 is 35.3 Å². The van der Waals surface area contributed by atoms with Crippen LogP contribution in [0.25, 0.3) is 0 Å². The molecule has 0 spiro atoms. The van der Waals surface area contributed by atoms with Crippen LogP contribution in [0.5, 0.6) is 0 Å². The van der Waals surface area contributed by atoms with Crippen molar-refractivity contribution in [3.63, 3.8) is 0 Å². The summed E-state index contributed by atoms with van der Waals surface area (Å²) in [5.41, 5.74) is 1.13. The highest BCUT2D eigenvalue weighted by Crippen LogP contribution is 2.19. The first-order chi connectivity index (χ1) is 11.6. The van der Waals surface area contributed by atoms with Gasteiger partial charge in [0.25, 0.3) is 0 Å². The molecule has 0 unspecified atom stereocenters. The van der Waals surface area contributed by atoms with E-state index < -0.39 is 0 Å². The average Bonchev–Trinajstić information content (AvgIpc) is 2.91. The van der Waals surface area contributed by atoms with Crippen molar-refractivity contribution < 1.29 is 0 Å². The number of halogens is 1. The van der Waals surface area contributed by atoms with Gasteiger partial charge >= 0.3 is 0 Å². The Bertz CT molecular complexity index is 504. The summed E-state index contributed by atoms with van der Waals surface area (Å²) in [6, 6.07) is 0. The van der Waals surface area contributed by atoms with Gasteiger partial charge in [0.2, 0.25) is 0 Å². The maximum Gasteiger partial charge on any atom is 0.191 e. The van der Waals surface area contributed by atoms with Gasteiger partial charge < -0.3 is 15.5 Å². The Kier molecular flexibility index (Phi) is 10.9. The van der Waals surface area contributed by atoms with Crippen molar-refractivity contribution in [1.82, 2.24) is 20.5 Å². The maximum atomic E-state index is 4.68. The van der Waals surface area contributed by atoms with Gasteiger partial charge in [0, 0.05) is 18.0 Å². The molecule has 1 aromatic rings. The first-order valence-electron chi connectivity index (χ1n) is 9.29. The molecule has 1 aliphatic heterocycles. The lowest BCUT2D eigenvalue weighted by Crippen LogP contribution is -2.39. The molecule has 1 fully saturated rings. The summed E-state index contributed by atoms with van der Waals surface area (Å²) in [6.07, 6.45) is 3.90. The van der Waals surface area contributed by atoms with Crippen LogP contribution in [-0.4, -0.2) is 48.6 Å². The van der Waals surface area contributed by atoms with Crippen LogP contribution < -0.4 is 10.6 Å². The van der Waals surface area contributed by atoms with Crippen molar-refractivity contribution in [3.8, 4) is 0 Å². The van der Waals surface area contributed by atoms with Gasteiger partial charge in [0.1, 0.15) is 5.01 Å². The Hall–Kier alpha value is -0.410. The predicted octanol–water partition coefficient (Wildman–Crippen LogP) is 3.56. The molecule has 0 saturated carbocycles. The first kappa shape index (κ1) is 22.6. The van der Waals surface area contributed by atoms with E-state index in [2.05, 4.69) is 53.2 Å². The Balaban J connectivity index is 0.00000312. The van der Waals surface area contributed by atoms with Gasteiger partial charge in [0.05, 0.1) is 12.2 Å². The molecule has 2 N–H and O–H groups in total. The summed E-state index contributed by atoms with van der Waals surface area (Å²) < 4.78 is 0. The van der Waals surface area contributed by atoms with E-state index in [1.807, 2.05) is 0 Å². The maximum absolute atomic E-state index is 4.68. The number of hydrogen-bond acceptors (Lipinski definition) is 4. The number of thiazole rings is 1. The molecular weight excluding hydrogens is 445 g/mol. The van der Waals surface area contributed by atoms with Crippen LogP contribution in [0, 0.1) is 19.8 Å². The van der Waals surface area contributed by atoms with Gasteiger partial charge in [-0.05, 0) is 65.6 Å². The molecule has 0 bridgehead atoms. The summed E-state index contributed by atoms with van der Waals surface area (Å²) in [5, 5.41) is 7.91. The van der Waals surface area contributed by atoms with Crippen LogP contribution in [0.1, 0.15) is 48.7 Å². The second kappa shape index (κ2) is 12.1. The Morgan fingerprint density at radius 2 is 1.96 bits per heavy atom. The van der Waals surface area contributed by atoms with Crippen molar-refractivity contribution in [2.75, 3.05) is 32.7 Å².